The topological polar surface area (TPSA) is 66.4 Å². The van der Waals surface area contributed by atoms with Crippen molar-refractivity contribution in [1.82, 2.24) is 5.32 Å². The first-order valence-corrected chi connectivity index (χ1v) is 15.2. The second-order valence-electron chi connectivity index (χ2n) is 12.9. The van der Waals surface area contributed by atoms with Gasteiger partial charge in [-0.3, -0.25) is 9.59 Å². The molecule has 0 aromatic carbocycles. The van der Waals surface area contributed by atoms with Crippen molar-refractivity contribution in [2.45, 2.75) is 142 Å². The fourth-order valence-corrected chi connectivity index (χ4v) is 8.19. The maximum atomic E-state index is 12.1. The molecule has 0 bridgehead atoms. The number of ketones is 1. The van der Waals surface area contributed by atoms with E-state index in [9.17, 15) is 14.7 Å². The largest absolute Gasteiger partial charge is 0.393 e. The molecule has 0 aromatic rings. The van der Waals surface area contributed by atoms with Gasteiger partial charge in [0.05, 0.1) is 6.10 Å². The fourth-order valence-electron chi connectivity index (χ4n) is 8.19. The van der Waals surface area contributed by atoms with Crippen LogP contribution in [0.2, 0.25) is 0 Å². The SMILES string of the molecule is CC(C)NC(=O)CCCCCCCCCC[C@H]1C[C@]2(C)[C@@H](O)CC[C@H]2[C@@H]2CCC3=CC(=O)CCC3=C12. The van der Waals surface area contributed by atoms with E-state index in [4.69, 9.17) is 0 Å². The van der Waals surface area contributed by atoms with Crippen molar-refractivity contribution >= 4 is 11.7 Å². The lowest BCUT2D eigenvalue weighted by molar-refractivity contribution is -0.121. The van der Waals surface area contributed by atoms with Crippen LogP contribution in [0.15, 0.2) is 22.8 Å². The van der Waals surface area contributed by atoms with Crippen LogP contribution in [0.3, 0.4) is 0 Å². The summed E-state index contributed by atoms with van der Waals surface area (Å²) in [7, 11) is 0. The van der Waals surface area contributed by atoms with Gasteiger partial charge >= 0.3 is 0 Å². The van der Waals surface area contributed by atoms with E-state index in [1.807, 2.05) is 19.9 Å². The molecule has 4 rings (SSSR count). The van der Waals surface area contributed by atoms with Gasteiger partial charge in [-0.2, -0.15) is 0 Å². The Balaban J connectivity index is 1.24. The second kappa shape index (κ2) is 12.4. The number of allylic oxidation sites excluding steroid dienone is 4. The van der Waals surface area contributed by atoms with Gasteiger partial charge in [0.15, 0.2) is 5.78 Å². The maximum absolute atomic E-state index is 12.1. The quantitative estimate of drug-likeness (QED) is 0.280. The molecule has 4 nitrogen and oxygen atoms in total. The van der Waals surface area contributed by atoms with E-state index < -0.39 is 0 Å². The average molecular weight is 498 g/mol. The van der Waals surface area contributed by atoms with Crippen LogP contribution in [0, 0.1) is 23.2 Å². The van der Waals surface area contributed by atoms with Crippen molar-refractivity contribution in [1.29, 1.82) is 0 Å². The van der Waals surface area contributed by atoms with E-state index in [0.29, 0.717) is 36.4 Å². The molecule has 4 aliphatic rings. The van der Waals surface area contributed by atoms with Crippen LogP contribution in [0.4, 0.5) is 0 Å². The monoisotopic (exact) mass is 497 g/mol. The first-order chi connectivity index (χ1) is 17.3. The summed E-state index contributed by atoms with van der Waals surface area (Å²) >= 11 is 0. The maximum Gasteiger partial charge on any atom is 0.220 e. The Morgan fingerprint density at radius 3 is 2.42 bits per heavy atom. The molecule has 0 heterocycles. The van der Waals surface area contributed by atoms with Crippen LogP contribution in [0.5, 0.6) is 0 Å². The number of fused-ring (bicyclic) bond motifs is 4. The molecule has 4 heteroatoms. The van der Waals surface area contributed by atoms with E-state index in [1.165, 1.54) is 63.4 Å². The van der Waals surface area contributed by atoms with Crippen molar-refractivity contribution in [3.63, 3.8) is 0 Å². The molecule has 0 unspecified atom stereocenters. The number of nitrogens with one attached hydrogen (secondary N) is 1. The summed E-state index contributed by atoms with van der Waals surface area (Å²) < 4.78 is 0. The minimum atomic E-state index is -0.141. The third kappa shape index (κ3) is 6.34. The number of hydrogen-bond donors (Lipinski definition) is 2. The summed E-state index contributed by atoms with van der Waals surface area (Å²) in [5, 5.41) is 13.9. The van der Waals surface area contributed by atoms with Crippen molar-refractivity contribution in [2.75, 3.05) is 0 Å². The molecule has 2 fully saturated rings. The van der Waals surface area contributed by atoms with Crippen LogP contribution in [0.1, 0.15) is 130 Å². The van der Waals surface area contributed by atoms with Gasteiger partial charge in [0.1, 0.15) is 0 Å². The van der Waals surface area contributed by atoms with Crippen molar-refractivity contribution in [3.8, 4) is 0 Å². The number of unbranched alkanes of at least 4 members (excludes halogenated alkanes) is 7. The number of amides is 1. The van der Waals surface area contributed by atoms with Crippen LogP contribution in [-0.4, -0.2) is 28.9 Å². The van der Waals surface area contributed by atoms with E-state index in [0.717, 1.165) is 38.5 Å². The van der Waals surface area contributed by atoms with Gasteiger partial charge in [0, 0.05) is 18.9 Å². The minimum Gasteiger partial charge on any atom is -0.393 e. The predicted molar refractivity (Wildman–Crippen MR) is 146 cm³/mol. The van der Waals surface area contributed by atoms with Gasteiger partial charge in [-0.25, -0.2) is 0 Å². The first-order valence-electron chi connectivity index (χ1n) is 15.2. The smallest absolute Gasteiger partial charge is 0.220 e. The minimum absolute atomic E-state index is 0.0805. The van der Waals surface area contributed by atoms with Crippen LogP contribution < -0.4 is 5.32 Å². The lowest BCUT2D eigenvalue weighted by Crippen LogP contribution is -2.45. The average Bonchev–Trinajstić information content (AvgIpc) is 3.13. The number of carbonyl (C=O) groups excluding carboxylic acids is 2. The van der Waals surface area contributed by atoms with Gasteiger partial charge in [-0.05, 0) is 106 Å². The van der Waals surface area contributed by atoms with Gasteiger partial charge in [0.2, 0.25) is 5.91 Å². The van der Waals surface area contributed by atoms with E-state index >= 15 is 0 Å². The number of carbonyl (C=O) groups is 2. The zero-order chi connectivity index (χ0) is 25.7. The molecule has 0 aromatic heterocycles. The Morgan fingerprint density at radius 2 is 1.69 bits per heavy atom. The van der Waals surface area contributed by atoms with Gasteiger partial charge in [0.25, 0.3) is 0 Å². The molecule has 5 atom stereocenters. The standard InChI is InChI=1S/C32H51NO3/c1-22(2)33-30(36)13-11-9-7-5-4-6-8-10-12-24-21-32(3)28(18-19-29(32)35)27-16-14-23-20-25(34)15-17-26(23)31(24)27/h20,22,24,27-29,35H,4-19,21H2,1-3H3,(H,33,36)/t24-,27-,28-,29-,32-/m0/s1. The third-order valence-electron chi connectivity index (χ3n) is 9.94. The molecule has 4 aliphatic carbocycles. The first kappa shape index (κ1) is 27.6. The van der Waals surface area contributed by atoms with Crippen LogP contribution >= 0.6 is 0 Å². The molecular weight excluding hydrogens is 446 g/mol. The van der Waals surface area contributed by atoms with E-state index in [-0.39, 0.29) is 23.5 Å². The predicted octanol–water partition coefficient (Wildman–Crippen LogP) is 7.21. The van der Waals surface area contributed by atoms with Crippen molar-refractivity contribution in [3.05, 3.63) is 22.8 Å². The van der Waals surface area contributed by atoms with Crippen LogP contribution in [-0.2, 0) is 9.59 Å². The number of rotatable bonds is 12. The second-order valence-corrected chi connectivity index (χ2v) is 12.9. The summed E-state index contributed by atoms with van der Waals surface area (Å²) in [5.74, 6) is 2.36. The Kier molecular flexibility index (Phi) is 9.52. The zero-order valence-electron chi connectivity index (χ0n) is 23.2. The molecule has 1 amide bonds. The summed E-state index contributed by atoms with van der Waals surface area (Å²) in [6, 6.07) is 0.241. The third-order valence-corrected chi connectivity index (χ3v) is 9.94. The molecule has 0 radical (unpaired) electrons. The highest BCUT2D eigenvalue weighted by Crippen LogP contribution is 2.62. The zero-order valence-corrected chi connectivity index (χ0v) is 23.2. The van der Waals surface area contributed by atoms with Gasteiger partial charge < -0.3 is 10.4 Å². The van der Waals surface area contributed by atoms with Crippen molar-refractivity contribution in [2.24, 2.45) is 23.2 Å². The van der Waals surface area contributed by atoms with Gasteiger partial charge in [-0.1, -0.05) is 57.4 Å². The van der Waals surface area contributed by atoms with E-state index in [1.54, 1.807) is 11.1 Å². The Morgan fingerprint density at radius 1 is 1.00 bits per heavy atom. The van der Waals surface area contributed by atoms with Crippen molar-refractivity contribution < 1.29 is 14.7 Å². The Labute approximate surface area is 219 Å². The number of hydrogen-bond acceptors (Lipinski definition) is 3. The summed E-state index contributed by atoms with van der Waals surface area (Å²) in [4.78, 5) is 23.8. The summed E-state index contributed by atoms with van der Waals surface area (Å²) in [6.07, 6.45) is 20.8. The lowest BCUT2D eigenvalue weighted by Gasteiger charge is -2.52. The lowest BCUT2D eigenvalue weighted by atomic mass is 9.53. The van der Waals surface area contributed by atoms with Gasteiger partial charge in [-0.15, -0.1) is 0 Å². The fraction of sp³-hybridized carbons (Fsp3) is 0.812. The molecule has 2 saturated carbocycles. The highest BCUT2D eigenvalue weighted by molar-refractivity contribution is 5.93. The van der Waals surface area contributed by atoms with Crippen LogP contribution in [0.25, 0.3) is 0 Å². The van der Waals surface area contributed by atoms with E-state index in [2.05, 4.69) is 12.2 Å². The molecule has 36 heavy (non-hydrogen) atoms. The summed E-state index contributed by atoms with van der Waals surface area (Å²) in [5.41, 5.74) is 4.71. The molecule has 0 aliphatic heterocycles. The molecule has 202 valence electrons. The molecule has 2 N–H and O–H groups in total. The molecule has 0 saturated heterocycles. The Bertz CT molecular complexity index is 855. The molecular formula is C32H51NO3. The highest BCUT2D eigenvalue weighted by Gasteiger charge is 2.55. The number of aliphatic hydroxyl groups is 1. The Hall–Kier alpha value is -1.42. The molecule has 0 spiro atoms. The summed E-state index contributed by atoms with van der Waals surface area (Å²) in [6.45, 7) is 6.41. The normalized spacial score (nSPS) is 31.7. The number of aliphatic hydroxyl groups excluding tert-OH is 1. The highest BCUT2D eigenvalue weighted by atomic mass is 16.3.